The molecule has 6 heteroatoms. The second-order valence-corrected chi connectivity index (χ2v) is 5.90. The highest BCUT2D eigenvalue weighted by molar-refractivity contribution is 5.74. The highest BCUT2D eigenvalue weighted by Gasteiger charge is 2.20. The Bertz CT molecular complexity index is 328. The predicted octanol–water partition coefficient (Wildman–Crippen LogP) is 1.87. The lowest BCUT2D eigenvalue weighted by atomic mass is 9.93. The number of hydrogen-bond donors (Lipinski definition) is 4. The lowest BCUT2D eigenvalue weighted by Crippen LogP contribution is -2.44. The van der Waals surface area contributed by atoms with Gasteiger partial charge in [0.05, 0.1) is 6.10 Å². The molecule has 1 saturated carbocycles. The highest BCUT2D eigenvalue weighted by Crippen LogP contribution is 2.18. The number of aliphatic hydroxyl groups is 1. The summed E-state index contributed by atoms with van der Waals surface area (Å²) >= 11 is 0. The summed E-state index contributed by atoms with van der Waals surface area (Å²) in [7, 11) is 0. The van der Waals surface area contributed by atoms with Crippen molar-refractivity contribution in [1.82, 2.24) is 10.6 Å². The normalized spacial score (nSPS) is 23.3. The van der Waals surface area contributed by atoms with Gasteiger partial charge < -0.3 is 20.8 Å². The number of aliphatic hydroxyl groups excluding tert-OH is 1. The first-order valence-corrected chi connectivity index (χ1v) is 7.95. The van der Waals surface area contributed by atoms with Crippen LogP contribution in [-0.2, 0) is 4.79 Å². The second-order valence-electron chi connectivity index (χ2n) is 5.90. The maximum absolute atomic E-state index is 11.7. The van der Waals surface area contributed by atoms with E-state index >= 15 is 0 Å². The molecular formula is C15H28N2O4. The van der Waals surface area contributed by atoms with Gasteiger partial charge in [0.1, 0.15) is 0 Å². The van der Waals surface area contributed by atoms with Crippen LogP contribution in [0.2, 0.25) is 0 Å². The molecule has 0 bridgehead atoms. The number of urea groups is 1. The maximum atomic E-state index is 11.7. The number of amides is 2. The fraction of sp³-hybridized carbons (Fsp3) is 0.867. The number of carbonyl (C=O) groups is 2. The van der Waals surface area contributed by atoms with Crippen molar-refractivity contribution in [3.8, 4) is 0 Å². The topological polar surface area (TPSA) is 98.7 Å². The Morgan fingerprint density at radius 1 is 1.19 bits per heavy atom. The third-order valence-electron chi connectivity index (χ3n) is 4.21. The predicted molar refractivity (Wildman–Crippen MR) is 80.1 cm³/mol. The number of carbonyl (C=O) groups excluding carboxylic acids is 1. The molecule has 0 aromatic carbocycles. The minimum atomic E-state index is -0.765. The number of carboxylic acids is 1. The van der Waals surface area contributed by atoms with E-state index in [0.29, 0.717) is 18.9 Å². The molecule has 0 aromatic heterocycles. The summed E-state index contributed by atoms with van der Waals surface area (Å²) < 4.78 is 0. The Labute approximate surface area is 126 Å². The first-order valence-electron chi connectivity index (χ1n) is 7.95. The molecule has 1 unspecified atom stereocenters. The van der Waals surface area contributed by atoms with Crippen LogP contribution in [-0.4, -0.2) is 40.9 Å². The summed E-state index contributed by atoms with van der Waals surface area (Å²) in [4.78, 5) is 22.3. The second kappa shape index (κ2) is 9.60. The zero-order valence-corrected chi connectivity index (χ0v) is 12.8. The molecule has 1 aliphatic carbocycles. The van der Waals surface area contributed by atoms with Crippen LogP contribution in [0.25, 0.3) is 0 Å². The first kappa shape index (κ1) is 17.8. The number of nitrogens with one attached hydrogen (secondary N) is 2. The van der Waals surface area contributed by atoms with Gasteiger partial charge in [0.2, 0.25) is 0 Å². The number of aliphatic carboxylic acids is 1. The zero-order valence-electron chi connectivity index (χ0n) is 12.8. The third-order valence-corrected chi connectivity index (χ3v) is 4.21. The van der Waals surface area contributed by atoms with Crippen molar-refractivity contribution < 1.29 is 19.8 Å². The number of rotatable bonds is 8. The Morgan fingerprint density at radius 2 is 1.86 bits per heavy atom. The van der Waals surface area contributed by atoms with Crippen LogP contribution in [0, 0.1) is 5.92 Å². The third kappa shape index (κ3) is 7.90. The van der Waals surface area contributed by atoms with E-state index in [1.165, 1.54) is 0 Å². The quantitative estimate of drug-likeness (QED) is 0.550. The van der Waals surface area contributed by atoms with Crippen molar-refractivity contribution in [3.05, 3.63) is 0 Å². The van der Waals surface area contributed by atoms with Crippen molar-refractivity contribution in [3.63, 3.8) is 0 Å². The van der Waals surface area contributed by atoms with E-state index in [4.69, 9.17) is 5.11 Å². The van der Waals surface area contributed by atoms with Gasteiger partial charge in [-0.15, -0.1) is 0 Å². The summed E-state index contributed by atoms with van der Waals surface area (Å²) in [5.41, 5.74) is 0. The molecule has 0 aromatic rings. The van der Waals surface area contributed by atoms with Crippen LogP contribution in [0.1, 0.15) is 58.3 Å². The average molecular weight is 300 g/mol. The molecule has 0 spiro atoms. The first-order chi connectivity index (χ1) is 10.0. The van der Waals surface area contributed by atoms with Crippen LogP contribution in [0.4, 0.5) is 4.79 Å². The van der Waals surface area contributed by atoms with E-state index in [1.807, 2.05) is 6.92 Å². The molecule has 1 aliphatic rings. The standard InChI is InChI=1S/C15H28N2O4/c1-2-11(3-8-14(19)20)9-10-16-15(21)17-12-4-6-13(18)7-5-12/h11-13,18H,2-10H2,1H3,(H,19,20)(H2,16,17,21). The lowest BCUT2D eigenvalue weighted by Gasteiger charge is -2.26. The molecule has 0 aliphatic heterocycles. The van der Waals surface area contributed by atoms with Crippen LogP contribution in [0.15, 0.2) is 0 Å². The molecular weight excluding hydrogens is 272 g/mol. The molecule has 1 fully saturated rings. The molecule has 122 valence electrons. The minimum Gasteiger partial charge on any atom is -0.481 e. The molecule has 0 heterocycles. The van der Waals surface area contributed by atoms with Crippen LogP contribution >= 0.6 is 0 Å². The molecule has 1 atom stereocenters. The molecule has 2 amide bonds. The van der Waals surface area contributed by atoms with E-state index in [0.717, 1.165) is 38.5 Å². The van der Waals surface area contributed by atoms with Crippen molar-refractivity contribution >= 4 is 12.0 Å². The number of hydrogen-bond acceptors (Lipinski definition) is 3. The Hall–Kier alpha value is -1.30. The zero-order chi connectivity index (χ0) is 15.7. The summed E-state index contributed by atoms with van der Waals surface area (Å²) in [6, 6.07) is -0.00754. The van der Waals surface area contributed by atoms with Crippen molar-refractivity contribution in [2.24, 2.45) is 5.92 Å². The smallest absolute Gasteiger partial charge is 0.315 e. The van der Waals surface area contributed by atoms with E-state index in [1.54, 1.807) is 0 Å². The highest BCUT2D eigenvalue weighted by atomic mass is 16.4. The monoisotopic (exact) mass is 300 g/mol. The van der Waals surface area contributed by atoms with E-state index in [-0.39, 0.29) is 24.6 Å². The Balaban J connectivity index is 2.13. The Kier molecular flexibility index (Phi) is 8.12. The van der Waals surface area contributed by atoms with Gasteiger partial charge in [-0.1, -0.05) is 13.3 Å². The van der Waals surface area contributed by atoms with Crippen molar-refractivity contribution in [1.29, 1.82) is 0 Å². The molecule has 6 nitrogen and oxygen atoms in total. The fourth-order valence-corrected chi connectivity index (χ4v) is 2.73. The molecule has 1 rings (SSSR count). The van der Waals surface area contributed by atoms with E-state index < -0.39 is 5.97 Å². The van der Waals surface area contributed by atoms with Crippen LogP contribution in [0.5, 0.6) is 0 Å². The SMILES string of the molecule is CCC(CCNC(=O)NC1CCC(O)CC1)CCC(=O)O. The largest absolute Gasteiger partial charge is 0.481 e. The summed E-state index contributed by atoms with van der Waals surface area (Å²) in [5, 5.41) is 23.8. The fourth-order valence-electron chi connectivity index (χ4n) is 2.73. The molecule has 0 saturated heterocycles. The summed E-state index contributed by atoms with van der Waals surface area (Å²) in [6.45, 7) is 2.61. The van der Waals surface area contributed by atoms with Gasteiger partial charge in [0, 0.05) is 19.0 Å². The average Bonchev–Trinajstić information content (AvgIpc) is 2.45. The van der Waals surface area contributed by atoms with E-state index in [2.05, 4.69) is 10.6 Å². The summed E-state index contributed by atoms with van der Waals surface area (Å²) in [6.07, 6.45) is 5.51. The van der Waals surface area contributed by atoms with E-state index in [9.17, 15) is 14.7 Å². The van der Waals surface area contributed by atoms with Gasteiger partial charge in [-0.2, -0.15) is 0 Å². The van der Waals surface area contributed by atoms with Crippen molar-refractivity contribution in [2.75, 3.05) is 6.54 Å². The van der Waals surface area contributed by atoms with Gasteiger partial charge in [-0.3, -0.25) is 4.79 Å². The Morgan fingerprint density at radius 3 is 2.43 bits per heavy atom. The van der Waals surface area contributed by atoms with Gasteiger partial charge >= 0.3 is 12.0 Å². The molecule has 4 N–H and O–H groups in total. The van der Waals surface area contributed by atoms with Crippen LogP contribution < -0.4 is 10.6 Å². The van der Waals surface area contributed by atoms with Crippen LogP contribution in [0.3, 0.4) is 0 Å². The van der Waals surface area contributed by atoms with Gasteiger partial charge in [0.15, 0.2) is 0 Å². The lowest BCUT2D eigenvalue weighted by molar-refractivity contribution is -0.137. The molecule has 21 heavy (non-hydrogen) atoms. The van der Waals surface area contributed by atoms with Gasteiger partial charge in [0.25, 0.3) is 0 Å². The van der Waals surface area contributed by atoms with Crippen molar-refractivity contribution in [2.45, 2.75) is 70.4 Å². The minimum absolute atomic E-state index is 0.155. The molecule has 0 radical (unpaired) electrons. The maximum Gasteiger partial charge on any atom is 0.315 e. The summed E-state index contributed by atoms with van der Waals surface area (Å²) in [5.74, 6) is -0.426. The van der Waals surface area contributed by atoms with Gasteiger partial charge in [-0.25, -0.2) is 4.79 Å². The number of carboxylic acid groups (broad SMARTS) is 1. The van der Waals surface area contributed by atoms with Gasteiger partial charge in [-0.05, 0) is 44.4 Å².